The third-order valence-electron chi connectivity index (χ3n) is 7.09. The molecule has 8 nitrogen and oxygen atoms in total. The third-order valence-corrected chi connectivity index (χ3v) is 7.09. The molecule has 4 rings (SSSR count). The van der Waals surface area contributed by atoms with Crippen molar-refractivity contribution in [3.8, 4) is 0 Å². The minimum Gasteiger partial charge on any atom is -0.341 e. The molecule has 0 unspecified atom stereocenters. The monoisotopic (exact) mass is 441 g/mol. The molecule has 0 atom stereocenters. The van der Waals surface area contributed by atoms with Gasteiger partial charge in [-0.25, -0.2) is 0 Å². The SMILES string of the molecule is CN1CCN(C(=O)c2ccc(C3CCN(C(=O)CN4CCCCCC4=O)CC3)nc2)CC1. The Morgan fingerprint density at radius 3 is 2.38 bits per heavy atom. The Hall–Kier alpha value is -2.48. The Balaban J connectivity index is 1.27. The molecule has 32 heavy (non-hydrogen) atoms. The molecule has 3 amide bonds. The predicted octanol–water partition coefficient (Wildman–Crippen LogP) is 1.58. The van der Waals surface area contributed by atoms with E-state index in [-0.39, 0.29) is 24.3 Å². The minimum absolute atomic E-state index is 0.0554. The largest absolute Gasteiger partial charge is 0.341 e. The maximum atomic E-state index is 12.7. The summed E-state index contributed by atoms with van der Waals surface area (Å²) in [6, 6.07) is 3.87. The number of hydrogen-bond acceptors (Lipinski definition) is 5. The summed E-state index contributed by atoms with van der Waals surface area (Å²) >= 11 is 0. The molecule has 0 aromatic carbocycles. The second-order valence-corrected chi connectivity index (χ2v) is 9.35. The van der Waals surface area contributed by atoms with Crippen LogP contribution in [-0.4, -0.2) is 102 Å². The highest BCUT2D eigenvalue weighted by Gasteiger charge is 2.28. The first-order valence-electron chi connectivity index (χ1n) is 12.0. The van der Waals surface area contributed by atoms with Crippen molar-refractivity contribution in [3.63, 3.8) is 0 Å². The van der Waals surface area contributed by atoms with Gasteiger partial charge in [0.25, 0.3) is 5.91 Å². The van der Waals surface area contributed by atoms with Crippen molar-refractivity contribution in [3.05, 3.63) is 29.6 Å². The maximum absolute atomic E-state index is 12.7. The molecule has 0 bridgehead atoms. The van der Waals surface area contributed by atoms with Crippen molar-refractivity contribution >= 4 is 17.7 Å². The van der Waals surface area contributed by atoms with Crippen LogP contribution < -0.4 is 0 Å². The molecule has 3 fully saturated rings. The Bertz CT molecular complexity index is 811. The summed E-state index contributed by atoms with van der Waals surface area (Å²) in [5.74, 6) is 0.521. The van der Waals surface area contributed by atoms with E-state index in [1.807, 2.05) is 21.9 Å². The van der Waals surface area contributed by atoms with Gasteiger partial charge in [-0.2, -0.15) is 0 Å². The van der Waals surface area contributed by atoms with Gasteiger partial charge in [0.1, 0.15) is 0 Å². The molecule has 1 aromatic heterocycles. The van der Waals surface area contributed by atoms with Crippen LogP contribution in [0.15, 0.2) is 18.3 Å². The summed E-state index contributed by atoms with van der Waals surface area (Å²) in [6.45, 7) is 5.61. The van der Waals surface area contributed by atoms with Crippen molar-refractivity contribution in [1.29, 1.82) is 0 Å². The van der Waals surface area contributed by atoms with E-state index >= 15 is 0 Å². The van der Waals surface area contributed by atoms with Crippen molar-refractivity contribution in [2.24, 2.45) is 0 Å². The third kappa shape index (κ3) is 5.46. The first-order chi connectivity index (χ1) is 15.5. The molecule has 0 radical (unpaired) electrons. The number of piperazine rings is 1. The summed E-state index contributed by atoms with van der Waals surface area (Å²) < 4.78 is 0. The number of rotatable bonds is 4. The number of piperidine rings is 1. The zero-order valence-corrected chi connectivity index (χ0v) is 19.2. The predicted molar refractivity (Wildman–Crippen MR) is 121 cm³/mol. The summed E-state index contributed by atoms with van der Waals surface area (Å²) in [5.41, 5.74) is 1.64. The molecule has 8 heteroatoms. The molecule has 3 aliphatic rings. The zero-order valence-electron chi connectivity index (χ0n) is 19.2. The first-order valence-corrected chi connectivity index (χ1v) is 12.0. The Morgan fingerprint density at radius 1 is 0.938 bits per heavy atom. The minimum atomic E-state index is 0.0554. The molecule has 0 spiro atoms. The fourth-order valence-corrected chi connectivity index (χ4v) is 4.86. The lowest BCUT2D eigenvalue weighted by atomic mass is 9.92. The molecule has 4 heterocycles. The number of carbonyl (C=O) groups excluding carboxylic acids is 3. The molecule has 3 aliphatic heterocycles. The molecule has 0 N–H and O–H groups in total. The van der Waals surface area contributed by atoms with Crippen molar-refractivity contribution < 1.29 is 14.4 Å². The van der Waals surface area contributed by atoms with E-state index in [0.717, 1.165) is 64.0 Å². The molecule has 174 valence electrons. The highest BCUT2D eigenvalue weighted by atomic mass is 16.2. The Kier molecular flexibility index (Phi) is 7.40. The van der Waals surface area contributed by atoms with E-state index in [2.05, 4.69) is 16.9 Å². The van der Waals surface area contributed by atoms with Crippen LogP contribution in [0.5, 0.6) is 0 Å². The normalized spacial score (nSPS) is 21.5. The van der Waals surface area contributed by atoms with Gasteiger partial charge >= 0.3 is 0 Å². The number of nitrogens with zero attached hydrogens (tertiary/aromatic N) is 5. The maximum Gasteiger partial charge on any atom is 0.255 e. The standard InChI is InChI=1S/C24H35N5O3/c1-26-13-15-28(16-14-26)24(32)20-6-7-21(25-17-20)19-8-11-27(12-9-19)23(31)18-29-10-4-2-3-5-22(29)30/h6-7,17,19H,2-5,8-16,18H2,1H3. The number of likely N-dealkylation sites (N-methyl/N-ethyl adjacent to an activating group) is 1. The molecule has 0 aliphatic carbocycles. The zero-order chi connectivity index (χ0) is 22.5. The fraction of sp³-hybridized carbons (Fsp3) is 0.667. The quantitative estimate of drug-likeness (QED) is 0.709. The lowest BCUT2D eigenvalue weighted by Crippen LogP contribution is -2.47. The number of aromatic nitrogens is 1. The van der Waals surface area contributed by atoms with Gasteiger partial charge in [-0.1, -0.05) is 6.42 Å². The lowest BCUT2D eigenvalue weighted by molar-refractivity contribution is -0.140. The van der Waals surface area contributed by atoms with Gasteiger partial charge < -0.3 is 19.6 Å². The van der Waals surface area contributed by atoms with E-state index in [9.17, 15) is 14.4 Å². The fourth-order valence-electron chi connectivity index (χ4n) is 4.86. The summed E-state index contributed by atoms with van der Waals surface area (Å²) in [5, 5.41) is 0. The van der Waals surface area contributed by atoms with Gasteiger partial charge in [0.2, 0.25) is 11.8 Å². The van der Waals surface area contributed by atoms with E-state index < -0.39 is 0 Å². The first kappa shape index (κ1) is 22.7. The van der Waals surface area contributed by atoms with E-state index in [1.165, 1.54) is 0 Å². The van der Waals surface area contributed by atoms with Crippen LogP contribution in [0.25, 0.3) is 0 Å². The second-order valence-electron chi connectivity index (χ2n) is 9.35. The summed E-state index contributed by atoms with van der Waals surface area (Å²) in [6.07, 6.45) is 6.97. The number of amides is 3. The van der Waals surface area contributed by atoms with Gasteiger partial charge in [0.15, 0.2) is 0 Å². The summed E-state index contributed by atoms with van der Waals surface area (Å²) in [7, 11) is 2.07. The molecular formula is C24H35N5O3. The highest BCUT2D eigenvalue weighted by Crippen LogP contribution is 2.27. The van der Waals surface area contributed by atoms with Gasteiger partial charge in [-0.15, -0.1) is 0 Å². The highest BCUT2D eigenvalue weighted by molar-refractivity contribution is 5.94. The van der Waals surface area contributed by atoms with Crippen LogP contribution in [0.3, 0.4) is 0 Å². The van der Waals surface area contributed by atoms with Gasteiger partial charge in [-0.05, 0) is 44.9 Å². The van der Waals surface area contributed by atoms with Gasteiger partial charge in [0, 0.05) is 70.0 Å². The topological polar surface area (TPSA) is 77.1 Å². The smallest absolute Gasteiger partial charge is 0.255 e. The van der Waals surface area contributed by atoms with E-state index in [0.29, 0.717) is 37.5 Å². The summed E-state index contributed by atoms with van der Waals surface area (Å²) in [4.78, 5) is 50.0. The second kappa shape index (κ2) is 10.4. The average Bonchev–Trinajstić information content (AvgIpc) is 3.03. The van der Waals surface area contributed by atoms with Crippen LogP contribution in [0.1, 0.15) is 60.5 Å². The van der Waals surface area contributed by atoms with Crippen LogP contribution in [0.4, 0.5) is 0 Å². The lowest BCUT2D eigenvalue weighted by Gasteiger charge is -2.33. The van der Waals surface area contributed by atoms with E-state index in [1.54, 1.807) is 11.1 Å². The van der Waals surface area contributed by atoms with Crippen LogP contribution >= 0.6 is 0 Å². The number of likely N-dealkylation sites (tertiary alicyclic amines) is 2. The number of hydrogen-bond donors (Lipinski definition) is 0. The Labute approximate surface area is 190 Å². The van der Waals surface area contributed by atoms with Crippen molar-refractivity contribution in [1.82, 2.24) is 24.6 Å². The molecule has 1 aromatic rings. The van der Waals surface area contributed by atoms with Crippen molar-refractivity contribution in [2.45, 2.75) is 44.4 Å². The van der Waals surface area contributed by atoms with Crippen LogP contribution in [0.2, 0.25) is 0 Å². The molecule has 0 saturated carbocycles. The molecule has 3 saturated heterocycles. The van der Waals surface area contributed by atoms with Crippen LogP contribution in [0, 0.1) is 0 Å². The number of carbonyl (C=O) groups is 3. The van der Waals surface area contributed by atoms with E-state index in [4.69, 9.17) is 0 Å². The van der Waals surface area contributed by atoms with Gasteiger partial charge in [-0.3, -0.25) is 19.4 Å². The average molecular weight is 442 g/mol. The van der Waals surface area contributed by atoms with Gasteiger partial charge in [0.05, 0.1) is 12.1 Å². The number of pyridine rings is 1. The van der Waals surface area contributed by atoms with Crippen molar-refractivity contribution in [2.75, 3.05) is 59.4 Å². The molecular weight excluding hydrogens is 406 g/mol. The van der Waals surface area contributed by atoms with Crippen LogP contribution in [-0.2, 0) is 9.59 Å². The Morgan fingerprint density at radius 2 is 1.69 bits per heavy atom.